The number of ether oxygens (including phenoxy) is 1. The van der Waals surface area contributed by atoms with Gasteiger partial charge in [-0.05, 0) is 13.3 Å². The van der Waals surface area contributed by atoms with E-state index in [4.69, 9.17) is 0 Å². The SMILES string of the molecule is C=C(C)C(=O)OCCCS(=O)(=O)C(F)(F)F. The molecule has 0 atom stereocenters. The molecule has 0 N–H and O–H groups in total. The lowest BCUT2D eigenvalue weighted by atomic mass is 10.4. The first-order valence-corrected chi connectivity index (χ1v) is 5.85. The predicted octanol–water partition coefficient (Wildman–Crippen LogP) is 1.43. The Hall–Kier alpha value is -1.05. The Morgan fingerprint density at radius 3 is 2.25 bits per heavy atom. The van der Waals surface area contributed by atoms with Crippen LogP contribution in [-0.2, 0) is 19.4 Å². The first-order valence-electron chi connectivity index (χ1n) is 4.19. The number of esters is 1. The monoisotopic (exact) mass is 260 g/mol. The number of sulfone groups is 1. The van der Waals surface area contributed by atoms with Crippen LogP contribution in [0.15, 0.2) is 12.2 Å². The van der Waals surface area contributed by atoms with E-state index < -0.39 is 33.5 Å². The van der Waals surface area contributed by atoms with Crippen molar-refractivity contribution in [2.24, 2.45) is 0 Å². The summed E-state index contributed by atoms with van der Waals surface area (Å²) in [6.07, 6.45) is -0.402. The van der Waals surface area contributed by atoms with Gasteiger partial charge in [-0.1, -0.05) is 6.58 Å². The van der Waals surface area contributed by atoms with Crippen LogP contribution >= 0.6 is 0 Å². The predicted molar refractivity (Wildman–Crippen MR) is 50.2 cm³/mol. The molecule has 0 rings (SSSR count). The number of rotatable bonds is 5. The van der Waals surface area contributed by atoms with E-state index in [0.29, 0.717) is 0 Å². The summed E-state index contributed by atoms with van der Waals surface area (Å²) in [5.41, 5.74) is -5.16. The average Bonchev–Trinajstić information content (AvgIpc) is 2.09. The number of hydrogen-bond donors (Lipinski definition) is 0. The third-order valence-corrected chi connectivity index (χ3v) is 3.02. The summed E-state index contributed by atoms with van der Waals surface area (Å²) in [5.74, 6) is -1.86. The molecular formula is C8H11F3O4S. The molecule has 0 aliphatic heterocycles. The van der Waals surface area contributed by atoms with Crippen molar-refractivity contribution in [3.05, 3.63) is 12.2 Å². The van der Waals surface area contributed by atoms with E-state index in [-0.39, 0.29) is 12.2 Å². The van der Waals surface area contributed by atoms with E-state index in [1.807, 2.05) is 0 Å². The van der Waals surface area contributed by atoms with Gasteiger partial charge < -0.3 is 4.74 Å². The maximum absolute atomic E-state index is 11.8. The van der Waals surface area contributed by atoms with Crippen LogP contribution in [0, 0.1) is 0 Å². The molecule has 0 aromatic rings. The molecule has 0 aliphatic carbocycles. The number of hydrogen-bond acceptors (Lipinski definition) is 4. The fourth-order valence-corrected chi connectivity index (χ4v) is 1.38. The molecule has 8 heteroatoms. The fraction of sp³-hybridized carbons (Fsp3) is 0.625. The standard InChI is InChI=1S/C8H11F3O4S/c1-6(2)7(12)15-4-3-5-16(13,14)8(9,10)11/h1,3-5H2,2H3. The summed E-state index contributed by atoms with van der Waals surface area (Å²) in [7, 11) is -5.13. The van der Waals surface area contributed by atoms with Crippen molar-refractivity contribution in [2.75, 3.05) is 12.4 Å². The van der Waals surface area contributed by atoms with Crippen molar-refractivity contribution in [1.29, 1.82) is 0 Å². The van der Waals surface area contributed by atoms with Crippen LogP contribution in [0.4, 0.5) is 13.2 Å². The molecule has 0 amide bonds. The van der Waals surface area contributed by atoms with Gasteiger partial charge >= 0.3 is 11.5 Å². The van der Waals surface area contributed by atoms with Crippen LogP contribution in [0.2, 0.25) is 0 Å². The second kappa shape index (κ2) is 5.33. The van der Waals surface area contributed by atoms with Crippen molar-refractivity contribution in [1.82, 2.24) is 0 Å². The van der Waals surface area contributed by atoms with Gasteiger partial charge in [0.25, 0.3) is 0 Å². The molecule has 0 saturated carbocycles. The Morgan fingerprint density at radius 2 is 1.88 bits per heavy atom. The lowest BCUT2D eigenvalue weighted by molar-refractivity contribution is -0.138. The third kappa shape index (κ3) is 4.65. The molecule has 94 valence electrons. The maximum Gasteiger partial charge on any atom is 0.497 e. The van der Waals surface area contributed by atoms with Gasteiger partial charge in [0.15, 0.2) is 0 Å². The Morgan fingerprint density at radius 1 is 1.38 bits per heavy atom. The summed E-state index contributed by atoms with van der Waals surface area (Å²) in [5, 5.41) is 0. The zero-order valence-electron chi connectivity index (χ0n) is 8.50. The summed E-state index contributed by atoms with van der Waals surface area (Å²) in [6, 6.07) is 0. The molecule has 0 heterocycles. The van der Waals surface area contributed by atoms with E-state index in [1.54, 1.807) is 0 Å². The first-order chi connectivity index (χ1) is 7.08. The van der Waals surface area contributed by atoms with Gasteiger partial charge in [-0.15, -0.1) is 0 Å². The molecule has 4 nitrogen and oxygen atoms in total. The number of carbonyl (C=O) groups excluding carboxylic acids is 1. The Kier molecular flexibility index (Phi) is 4.98. The molecule has 0 fully saturated rings. The number of alkyl halides is 3. The zero-order valence-corrected chi connectivity index (χ0v) is 9.32. The van der Waals surface area contributed by atoms with Crippen LogP contribution in [0.5, 0.6) is 0 Å². The normalized spacial score (nSPS) is 12.2. The van der Waals surface area contributed by atoms with Crippen molar-refractivity contribution < 1.29 is 31.1 Å². The lowest BCUT2D eigenvalue weighted by Crippen LogP contribution is -2.26. The van der Waals surface area contributed by atoms with Gasteiger partial charge in [-0.3, -0.25) is 0 Å². The lowest BCUT2D eigenvalue weighted by Gasteiger charge is -2.08. The highest BCUT2D eigenvalue weighted by Gasteiger charge is 2.44. The molecule has 0 bridgehead atoms. The molecule has 0 radical (unpaired) electrons. The maximum atomic E-state index is 11.8. The van der Waals surface area contributed by atoms with Gasteiger partial charge in [-0.25, -0.2) is 13.2 Å². The topological polar surface area (TPSA) is 60.4 Å². The van der Waals surface area contributed by atoms with E-state index in [1.165, 1.54) is 6.92 Å². The molecular weight excluding hydrogens is 249 g/mol. The molecule has 0 spiro atoms. The second-order valence-corrected chi connectivity index (χ2v) is 5.14. The fourth-order valence-electron chi connectivity index (χ4n) is 0.653. The van der Waals surface area contributed by atoms with Crippen LogP contribution < -0.4 is 0 Å². The molecule has 0 aliphatic rings. The molecule has 0 saturated heterocycles. The average molecular weight is 260 g/mol. The van der Waals surface area contributed by atoms with Crippen LogP contribution in [0.25, 0.3) is 0 Å². The van der Waals surface area contributed by atoms with Crippen LogP contribution in [0.3, 0.4) is 0 Å². The highest BCUT2D eigenvalue weighted by molar-refractivity contribution is 7.92. The van der Waals surface area contributed by atoms with Crippen molar-refractivity contribution in [2.45, 2.75) is 18.9 Å². The summed E-state index contributed by atoms with van der Waals surface area (Å²) in [6.45, 7) is 4.23. The summed E-state index contributed by atoms with van der Waals surface area (Å²) < 4.78 is 61.0. The van der Waals surface area contributed by atoms with Gasteiger partial charge in [0.1, 0.15) is 0 Å². The highest BCUT2D eigenvalue weighted by atomic mass is 32.2. The van der Waals surface area contributed by atoms with Crippen LogP contribution in [0.1, 0.15) is 13.3 Å². The van der Waals surface area contributed by atoms with E-state index in [0.717, 1.165) is 0 Å². The molecule has 16 heavy (non-hydrogen) atoms. The van der Waals surface area contributed by atoms with Gasteiger partial charge in [0.2, 0.25) is 9.84 Å². The molecule has 0 unspecified atom stereocenters. The minimum Gasteiger partial charge on any atom is -0.462 e. The smallest absolute Gasteiger partial charge is 0.462 e. The highest BCUT2D eigenvalue weighted by Crippen LogP contribution is 2.24. The quantitative estimate of drug-likeness (QED) is 0.426. The van der Waals surface area contributed by atoms with E-state index in [9.17, 15) is 26.4 Å². The van der Waals surface area contributed by atoms with E-state index in [2.05, 4.69) is 11.3 Å². The third-order valence-electron chi connectivity index (χ3n) is 1.49. The summed E-state index contributed by atoms with van der Waals surface area (Å²) in [4.78, 5) is 10.8. The van der Waals surface area contributed by atoms with Crippen molar-refractivity contribution in [3.8, 4) is 0 Å². The zero-order chi connectivity index (χ0) is 13.0. The second-order valence-electron chi connectivity index (χ2n) is 3.03. The minimum absolute atomic E-state index is 0.0960. The number of carbonyl (C=O) groups is 1. The van der Waals surface area contributed by atoms with Gasteiger partial charge in [-0.2, -0.15) is 13.2 Å². The number of halogens is 3. The Labute approximate surface area is 91.0 Å². The van der Waals surface area contributed by atoms with Gasteiger partial charge in [0.05, 0.1) is 12.4 Å². The molecule has 0 aromatic heterocycles. The summed E-state index contributed by atoms with van der Waals surface area (Å²) >= 11 is 0. The Balaban J connectivity index is 4.02. The molecule has 0 aromatic carbocycles. The van der Waals surface area contributed by atoms with Crippen molar-refractivity contribution >= 4 is 15.8 Å². The minimum atomic E-state index is -5.26. The Bertz CT molecular complexity index is 369. The van der Waals surface area contributed by atoms with Gasteiger partial charge in [0, 0.05) is 5.57 Å². The van der Waals surface area contributed by atoms with Crippen molar-refractivity contribution in [3.63, 3.8) is 0 Å². The van der Waals surface area contributed by atoms with E-state index >= 15 is 0 Å². The largest absolute Gasteiger partial charge is 0.497 e. The first kappa shape index (κ1) is 14.9. The van der Waals surface area contributed by atoms with Crippen LogP contribution in [-0.4, -0.2) is 32.3 Å².